The molecule has 76 valence electrons. The molecule has 14 heavy (non-hydrogen) atoms. The van der Waals surface area contributed by atoms with E-state index in [0.717, 1.165) is 8.95 Å². The van der Waals surface area contributed by atoms with Crippen LogP contribution >= 0.6 is 86.4 Å². The summed E-state index contributed by atoms with van der Waals surface area (Å²) < 4.78 is 4.62. The lowest BCUT2D eigenvalue weighted by molar-refractivity contribution is 1.86. The van der Waals surface area contributed by atoms with Crippen molar-refractivity contribution in [1.29, 1.82) is 0 Å². The Morgan fingerprint density at radius 2 is 1.07 bits per heavy atom. The minimum absolute atomic E-state index is 1.14. The van der Waals surface area contributed by atoms with E-state index >= 15 is 0 Å². The van der Waals surface area contributed by atoms with Gasteiger partial charge in [0, 0.05) is 19.7 Å². The molecule has 0 fully saturated rings. The first kappa shape index (κ1) is 13.4. The van der Waals surface area contributed by atoms with Gasteiger partial charge >= 0.3 is 0 Å². The van der Waals surface area contributed by atoms with Crippen LogP contribution in [0.15, 0.2) is 39.4 Å². The molecule has 2 aromatic heterocycles. The van der Waals surface area contributed by atoms with Crippen molar-refractivity contribution in [3.63, 3.8) is 0 Å². The Balaban J connectivity index is 0.000000140. The van der Waals surface area contributed by atoms with Crippen LogP contribution in [0.5, 0.6) is 0 Å². The van der Waals surface area contributed by atoms with Crippen molar-refractivity contribution >= 4 is 86.4 Å². The van der Waals surface area contributed by atoms with Gasteiger partial charge in [0.2, 0.25) is 0 Å². The van der Waals surface area contributed by atoms with Gasteiger partial charge in [0.1, 0.15) is 0 Å². The average Bonchev–Trinajstić information content (AvgIpc) is 2.63. The monoisotopic (exact) mass is 480 g/mol. The molecule has 0 amide bonds. The summed E-state index contributed by atoms with van der Waals surface area (Å²) in [6.07, 6.45) is 0. The van der Waals surface area contributed by atoms with Crippen molar-refractivity contribution in [1.82, 2.24) is 0 Å². The summed E-state index contributed by atoms with van der Waals surface area (Å²) in [6.45, 7) is 0. The summed E-state index contributed by atoms with van der Waals surface area (Å²) in [5.74, 6) is 0. The maximum Gasteiger partial charge on any atom is 0.0710 e. The van der Waals surface area contributed by atoms with Gasteiger partial charge in [-0.3, -0.25) is 0 Å². The van der Waals surface area contributed by atoms with E-state index in [2.05, 4.69) is 63.7 Å². The zero-order chi connectivity index (χ0) is 10.6. The highest BCUT2D eigenvalue weighted by molar-refractivity contribution is 9.12. The van der Waals surface area contributed by atoms with Crippen LogP contribution in [0.1, 0.15) is 0 Å². The molecule has 2 heterocycles. The summed E-state index contributed by atoms with van der Waals surface area (Å²) >= 11 is 16.6. The average molecular weight is 484 g/mol. The van der Waals surface area contributed by atoms with Crippen molar-refractivity contribution in [2.45, 2.75) is 0 Å². The molecule has 0 aliphatic heterocycles. The molecule has 2 aromatic rings. The molecule has 0 saturated carbocycles. The normalized spacial score (nSPS) is 9.43. The van der Waals surface area contributed by atoms with Gasteiger partial charge in [-0.2, -0.15) is 0 Å². The van der Waals surface area contributed by atoms with Crippen molar-refractivity contribution in [2.24, 2.45) is 0 Å². The minimum atomic E-state index is 1.14. The highest BCUT2D eigenvalue weighted by Gasteiger charge is 1.88. The fraction of sp³-hybridized carbons (Fsp3) is 0. The molecule has 0 aliphatic rings. The van der Waals surface area contributed by atoms with E-state index in [-0.39, 0.29) is 0 Å². The second kappa shape index (κ2) is 6.81. The molecule has 0 N–H and O–H groups in total. The molecular weight excluding hydrogens is 480 g/mol. The van der Waals surface area contributed by atoms with Crippen molar-refractivity contribution < 1.29 is 0 Å². The third-order valence-corrected chi connectivity index (χ3v) is 5.60. The number of hydrogen-bond acceptors (Lipinski definition) is 2. The van der Waals surface area contributed by atoms with Crippen LogP contribution in [0.4, 0.5) is 0 Å². The van der Waals surface area contributed by atoms with Gasteiger partial charge in [0.25, 0.3) is 0 Å². The molecule has 0 atom stereocenters. The van der Waals surface area contributed by atoms with Crippen LogP contribution in [0.25, 0.3) is 0 Å². The topological polar surface area (TPSA) is 0 Å². The molecule has 0 bridgehead atoms. The van der Waals surface area contributed by atoms with E-state index in [1.165, 1.54) is 7.57 Å². The van der Waals surface area contributed by atoms with Gasteiger partial charge in [-0.15, -0.1) is 22.7 Å². The minimum Gasteiger partial charge on any atom is -0.136 e. The molecule has 6 heteroatoms. The van der Waals surface area contributed by atoms with Crippen LogP contribution in [0.2, 0.25) is 0 Å². The first-order chi connectivity index (χ1) is 6.58. The fourth-order valence-corrected chi connectivity index (χ4v) is 4.54. The SMILES string of the molecule is Brc1csc(Br)c1.Brc1csc(Br)c1. The molecule has 0 unspecified atom stereocenters. The van der Waals surface area contributed by atoms with E-state index in [1.807, 2.05) is 22.9 Å². The maximum atomic E-state index is 3.32. The molecule has 0 spiro atoms. The maximum absolute atomic E-state index is 3.32. The molecule has 0 nitrogen and oxygen atoms in total. The van der Waals surface area contributed by atoms with Crippen LogP contribution in [-0.2, 0) is 0 Å². The first-order valence-electron chi connectivity index (χ1n) is 3.37. The smallest absolute Gasteiger partial charge is 0.0710 e. The summed E-state index contributed by atoms with van der Waals surface area (Å²) in [5, 5.41) is 4.06. The van der Waals surface area contributed by atoms with Crippen molar-refractivity contribution in [3.8, 4) is 0 Å². The predicted octanol–water partition coefficient (Wildman–Crippen LogP) is 6.55. The van der Waals surface area contributed by atoms with E-state index < -0.39 is 0 Å². The Morgan fingerprint density at radius 3 is 1.14 bits per heavy atom. The molecular formula is C8H4Br4S2. The number of rotatable bonds is 0. The van der Waals surface area contributed by atoms with Crippen LogP contribution < -0.4 is 0 Å². The van der Waals surface area contributed by atoms with Gasteiger partial charge in [-0.05, 0) is 75.9 Å². The van der Waals surface area contributed by atoms with Crippen LogP contribution in [0.3, 0.4) is 0 Å². The highest BCUT2D eigenvalue weighted by atomic mass is 79.9. The van der Waals surface area contributed by atoms with Gasteiger partial charge in [-0.25, -0.2) is 0 Å². The highest BCUT2D eigenvalue weighted by Crippen LogP contribution is 2.24. The third-order valence-electron chi connectivity index (χ3n) is 1.07. The second-order valence-corrected chi connectivity index (χ2v) is 8.55. The van der Waals surface area contributed by atoms with E-state index in [4.69, 9.17) is 0 Å². The van der Waals surface area contributed by atoms with Gasteiger partial charge in [0.05, 0.1) is 7.57 Å². The van der Waals surface area contributed by atoms with Crippen molar-refractivity contribution in [2.75, 3.05) is 0 Å². The van der Waals surface area contributed by atoms with Crippen molar-refractivity contribution in [3.05, 3.63) is 39.4 Å². The zero-order valence-corrected chi connectivity index (χ0v) is 14.6. The van der Waals surface area contributed by atoms with Gasteiger partial charge in [0.15, 0.2) is 0 Å². The molecule has 0 radical (unpaired) electrons. The quantitative estimate of drug-likeness (QED) is 0.399. The standard InChI is InChI=1S/2C4H2Br2S/c2*5-3-1-4(6)7-2-3/h2*1-2H. The lowest BCUT2D eigenvalue weighted by atomic mass is 10.7. The molecule has 0 saturated heterocycles. The predicted molar refractivity (Wildman–Crippen MR) is 79.4 cm³/mol. The van der Waals surface area contributed by atoms with Crippen LogP contribution in [0, 0.1) is 0 Å². The summed E-state index contributed by atoms with van der Waals surface area (Å²) in [7, 11) is 0. The Bertz CT molecular complexity index is 322. The van der Waals surface area contributed by atoms with Gasteiger partial charge < -0.3 is 0 Å². The number of halogens is 4. The summed E-state index contributed by atoms with van der Waals surface area (Å²) in [4.78, 5) is 0. The molecule has 0 aromatic carbocycles. The zero-order valence-electron chi connectivity index (χ0n) is 6.64. The summed E-state index contributed by atoms with van der Waals surface area (Å²) in [6, 6.07) is 4.04. The molecule has 2 rings (SSSR count). The van der Waals surface area contributed by atoms with E-state index in [0.29, 0.717) is 0 Å². The largest absolute Gasteiger partial charge is 0.136 e. The van der Waals surface area contributed by atoms with E-state index in [1.54, 1.807) is 22.7 Å². The lowest BCUT2D eigenvalue weighted by Crippen LogP contribution is -1.39. The van der Waals surface area contributed by atoms with Crippen LogP contribution in [-0.4, -0.2) is 0 Å². The Morgan fingerprint density at radius 1 is 0.714 bits per heavy atom. The Kier molecular flexibility index (Phi) is 6.51. The third kappa shape index (κ3) is 5.42. The summed E-state index contributed by atoms with van der Waals surface area (Å²) in [5.41, 5.74) is 0. The molecule has 0 aliphatic carbocycles. The van der Waals surface area contributed by atoms with Gasteiger partial charge in [-0.1, -0.05) is 0 Å². The fourth-order valence-electron chi connectivity index (χ4n) is 0.578. The second-order valence-electron chi connectivity index (χ2n) is 2.14. The Hall–Kier alpha value is 1.32. The lowest BCUT2D eigenvalue weighted by Gasteiger charge is -1.66. The number of thiophene rings is 2. The number of hydrogen-bond donors (Lipinski definition) is 0. The van der Waals surface area contributed by atoms with E-state index in [9.17, 15) is 0 Å². The Labute approximate surface area is 124 Å². The first-order valence-corrected chi connectivity index (χ1v) is 8.30.